The fraction of sp³-hybridized carbons (Fsp3) is 0.667. The molecular formula is C21H27F2N3O. The van der Waals surface area contributed by atoms with E-state index < -0.39 is 11.6 Å². The number of carbonyl (C=O) groups excluding carboxylic acids is 1. The van der Waals surface area contributed by atoms with Crippen LogP contribution in [0.2, 0.25) is 0 Å². The van der Waals surface area contributed by atoms with Gasteiger partial charge in [0.1, 0.15) is 0 Å². The van der Waals surface area contributed by atoms with Gasteiger partial charge in [0, 0.05) is 24.5 Å². The zero-order chi connectivity index (χ0) is 18.5. The van der Waals surface area contributed by atoms with Gasteiger partial charge < -0.3 is 10.2 Å². The Labute approximate surface area is 158 Å². The molecule has 2 bridgehead atoms. The van der Waals surface area contributed by atoms with E-state index in [4.69, 9.17) is 0 Å². The minimum Gasteiger partial charge on any atom is -0.335 e. The number of rotatable bonds is 2. The summed E-state index contributed by atoms with van der Waals surface area (Å²) in [5.74, 6) is -1.24. The quantitative estimate of drug-likeness (QED) is 0.859. The van der Waals surface area contributed by atoms with E-state index in [0.29, 0.717) is 18.0 Å². The summed E-state index contributed by atoms with van der Waals surface area (Å²) >= 11 is 0. The van der Waals surface area contributed by atoms with E-state index in [-0.39, 0.29) is 30.1 Å². The Hall–Kier alpha value is -1.69. The highest BCUT2D eigenvalue weighted by molar-refractivity contribution is 5.76. The lowest BCUT2D eigenvalue weighted by molar-refractivity contribution is 0.00304. The standard InChI is InChI=1S/C21H27F2N3O/c22-17-7-3-6-15(18(17)23)16-12-26(21(27)24-14-4-1-2-5-14)19-13-8-10-25(11-9-13)20(16)19/h3,6-7,13-14,16,19-20H,1-2,4-5,8-12H2,(H,24,27)/t16-,19+,20+/m0/s1. The molecule has 1 saturated carbocycles. The summed E-state index contributed by atoms with van der Waals surface area (Å²) in [5, 5.41) is 3.21. The Morgan fingerprint density at radius 1 is 1.04 bits per heavy atom. The van der Waals surface area contributed by atoms with Crippen molar-refractivity contribution in [3.63, 3.8) is 0 Å². The van der Waals surface area contributed by atoms with E-state index >= 15 is 0 Å². The number of hydrogen-bond acceptors (Lipinski definition) is 2. The summed E-state index contributed by atoms with van der Waals surface area (Å²) in [4.78, 5) is 17.4. The van der Waals surface area contributed by atoms with Crippen molar-refractivity contribution in [2.75, 3.05) is 19.6 Å². The largest absolute Gasteiger partial charge is 0.335 e. The van der Waals surface area contributed by atoms with Crippen LogP contribution in [0.4, 0.5) is 13.6 Å². The van der Waals surface area contributed by atoms with Crippen molar-refractivity contribution >= 4 is 6.03 Å². The number of likely N-dealkylation sites (tertiary alicyclic amines) is 1. The first-order valence-corrected chi connectivity index (χ1v) is 10.4. The normalized spacial score (nSPS) is 35.5. The molecule has 5 aliphatic rings. The maximum atomic E-state index is 14.6. The van der Waals surface area contributed by atoms with Crippen molar-refractivity contribution in [1.82, 2.24) is 15.1 Å². The highest BCUT2D eigenvalue weighted by atomic mass is 19.2. The van der Waals surface area contributed by atoms with Gasteiger partial charge in [-0.1, -0.05) is 25.0 Å². The highest BCUT2D eigenvalue weighted by Gasteiger charge is 2.55. The molecule has 1 N–H and O–H groups in total. The molecule has 0 unspecified atom stereocenters. The second kappa shape index (κ2) is 6.73. The smallest absolute Gasteiger partial charge is 0.317 e. The molecular weight excluding hydrogens is 348 g/mol. The Kier molecular flexibility index (Phi) is 4.34. The Balaban J connectivity index is 1.46. The third kappa shape index (κ3) is 2.84. The molecule has 6 rings (SSSR count). The topological polar surface area (TPSA) is 35.6 Å². The molecule has 5 fully saturated rings. The number of nitrogens with one attached hydrogen (secondary N) is 1. The lowest BCUT2D eigenvalue weighted by Crippen LogP contribution is -2.62. The van der Waals surface area contributed by atoms with Crippen molar-refractivity contribution in [3.05, 3.63) is 35.4 Å². The van der Waals surface area contributed by atoms with Crippen LogP contribution in [0.25, 0.3) is 0 Å². The van der Waals surface area contributed by atoms with E-state index in [1.807, 2.05) is 4.90 Å². The van der Waals surface area contributed by atoms with Gasteiger partial charge in [0.25, 0.3) is 0 Å². The number of benzene rings is 1. The number of nitrogens with zero attached hydrogens (tertiary/aromatic N) is 2. The third-order valence-electron chi connectivity index (χ3n) is 7.32. The maximum absolute atomic E-state index is 14.6. The maximum Gasteiger partial charge on any atom is 0.317 e. The van der Waals surface area contributed by atoms with Gasteiger partial charge in [-0.3, -0.25) is 4.90 Å². The van der Waals surface area contributed by atoms with Crippen molar-refractivity contribution in [1.29, 1.82) is 0 Å². The second-order valence-corrected chi connectivity index (χ2v) is 8.69. The van der Waals surface area contributed by atoms with Gasteiger partial charge in [0.15, 0.2) is 11.6 Å². The fourth-order valence-corrected chi connectivity index (χ4v) is 6.06. The first-order chi connectivity index (χ1) is 13.1. The van der Waals surface area contributed by atoms with Gasteiger partial charge in [0.2, 0.25) is 0 Å². The summed E-state index contributed by atoms with van der Waals surface area (Å²) in [5.41, 5.74) is 0.425. The first kappa shape index (κ1) is 17.4. The van der Waals surface area contributed by atoms with Gasteiger partial charge in [-0.25, -0.2) is 13.6 Å². The van der Waals surface area contributed by atoms with Gasteiger partial charge in [-0.2, -0.15) is 0 Å². The molecule has 1 aromatic carbocycles. The predicted octanol–water partition coefficient (Wildman–Crippen LogP) is 3.48. The molecule has 1 aromatic rings. The van der Waals surface area contributed by atoms with Crippen LogP contribution in [-0.2, 0) is 0 Å². The monoisotopic (exact) mass is 375 g/mol. The molecule has 3 atom stereocenters. The van der Waals surface area contributed by atoms with Crippen molar-refractivity contribution in [2.24, 2.45) is 5.92 Å². The Bertz CT molecular complexity index is 728. The van der Waals surface area contributed by atoms with Crippen LogP contribution in [0.5, 0.6) is 0 Å². The fourth-order valence-electron chi connectivity index (χ4n) is 6.06. The molecule has 4 saturated heterocycles. The van der Waals surface area contributed by atoms with Crippen LogP contribution in [0.1, 0.15) is 50.0 Å². The molecule has 0 radical (unpaired) electrons. The number of piperidine rings is 3. The summed E-state index contributed by atoms with van der Waals surface area (Å²) in [7, 11) is 0. The Morgan fingerprint density at radius 3 is 2.52 bits per heavy atom. The van der Waals surface area contributed by atoms with Gasteiger partial charge in [0.05, 0.1) is 6.04 Å². The van der Waals surface area contributed by atoms with Crippen molar-refractivity contribution < 1.29 is 13.6 Å². The molecule has 2 amide bonds. The summed E-state index contributed by atoms with van der Waals surface area (Å²) < 4.78 is 28.5. The lowest BCUT2D eigenvalue weighted by atomic mass is 9.75. The zero-order valence-electron chi connectivity index (χ0n) is 15.5. The third-order valence-corrected chi connectivity index (χ3v) is 7.32. The van der Waals surface area contributed by atoms with Crippen LogP contribution in [-0.4, -0.2) is 53.6 Å². The highest BCUT2D eigenvalue weighted by Crippen LogP contribution is 2.47. The summed E-state index contributed by atoms with van der Waals surface area (Å²) in [6, 6.07) is 4.92. The summed E-state index contributed by atoms with van der Waals surface area (Å²) in [6.07, 6.45) is 6.62. The zero-order valence-corrected chi connectivity index (χ0v) is 15.5. The van der Waals surface area contributed by atoms with Gasteiger partial charge in [-0.05, 0) is 56.3 Å². The van der Waals surface area contributed by atoms with Crippen molar-refractivity contribution in [3.8, 4) is 0 Å². The van der Waals surface area contributed by atoms with E-state index in [9.17, 15) is 13.6 Å². The van der Waals surface area contributed by atoms with Crippen LogP contribution in [0, 0.1) is 17.6 Å². The van der Waals surface area contributed by atoms with E-state index in [1.54, 1.807) is 12.1 Å². The number of carbonyl (C=O) groups is 1. The lowest BCUT2D eigenvalue weighted by Gasteiger charge is -2.51. The molecule has 4 nitrogen and oxygen atoms in total. The number of hydrogen-bond donors (Lipinski definition) is 1. The minimum atomic E-state index is -0.797. The van der Waals surface area contributed by atoms with Crippen LogP contribution in [0.3, 0.4) is 0 Å². The molecule has 146 valence electrons. The molecule has 6 heteroatoms. The number of urea groups is 1. The molecule has 4 aliphatic heterocycles. The molecule has 4 heterocycles. The summed E-state index contributed by atoms with van der Waals surface area (Å²) in [6.45, 7) is 2.47. The number of halogens is 2. The molecule has 0 aromatic heterocycles. The second-order valence-electron chi connectivity index (χ2n) is 8.69. The van der Waals surface area contributed by atoms with Crippen LogP contribution in [0.15, 0.2) is 18.2 Å². The van der Waals surface area contributed by atoms with E-state index in [0.717, 1.165) is 38.8 Å². The van der Waals surface area contributed by atoms with Crippen molar-refractivity contribution in [2.45, 2.75) is 62.6 Å². The minimum absolute atomic E-state index is 0.00930. The van der Waals surface area contributed by atoms with Crippen LogP contribution >= 0.6 is 0 Å². The average molecular weight is 375 g/mol. The van der Waals surface area contributed by atoms with Gasteiger partial charge >= 0.3 is 6.03 Å². The number of fused-ring (bicyclic) bond motifs is 2. The average Bonchev–Trinajstić information content (AvgIpc) is 3.34. The number of amides is 2. The predicted molar refractivity (Wildman–Crippen MR) is 98.5 cm³/mol. The first-order valence-electron chi connectivity index (χ1n) is 10.4. The molecule has 1 aliphatic carbocycles. The Morgan fingerprint density at radius 2 is 1.78 bits per heavy atom. The van der Waals surface area contributed by atoms with E-state index in [2.05, 4.69) is 10.2 Å². The van der Waals surface area contributed by atoms with Crippen LogP contribution < -0.4 is 5.32 Å². The molecule has 27 heavy (non-hydrogen) atoms. The molecule has 0 spiro atoms. The van der Waals surface area contributed by atoms with Gasteiger partial charge in [-0.15, -0.1) is 0 Å². The van der Waals surface area contributed by atoms with E-state index in [1.165, 1.54) is 18.9 Å². The SMILES string of the molecule is O=C(NC1CCCC1)N1C[C@@H](c2cccc(F)c2F)[C@@H]2[C@H]1C1CCN2CC1.